The van der Waals surface area contributed by atoms with Crippen molar-refractivity contribution in [3.8, 4) is 5.75 Å². The Hall–Kier alpha value is -2.93. The van der Waals surface area contributed by atoms with Crippen LogP contribution in [0.3, 0.4) is 0 Å². The van der Waals surface area contributed by atoms with Gasteiger partial charge in [0.05, 0.1) is 12.1 Å². The molecule has 2 aromatic rings. The zero-order valence-corrected chi connectivity index (χ0v) is 18.3. The predicted octanol–water partition coefficient (Wildman–Crippen LogP) is 3.18. The number of halogens is 1. The zero-order valence-electron chi connectivity index (χ0n) is 18.3. The Morgan fingerprint density at radius 1 is 0.812 bits per heavy atom. The van der Waals surface area contributed by atoms with Crippen LogP contribution in [0.15, 0.2) is 48.5 Å². The average Bonchev–Trinajstić information content (AvgIpc) is 2.84. The number of ether oxygens (including phenoxy) is 1. The minimum atomic E-state index is -0.291. The maximum Gasteiger partial charge on any atom is 0.257 e. The number of hydrogen-bond donors (Lipinski definition) is 0. The Morgan fingerprint density at radius 3 is 2.22 bits per heavy atom. The van der Waals surface area contributed by atoms with Crippen molar-refractivity contribution >= 4 is 11.8 Å². The molecular formula is C25H30FN3O3. The van der Waals surface area contributed by atoms with Crippen LogP contribution in [0, 0.1) is 5.82 Å². The molecule has 0 aliphatic carbocycles. The molecule has 4 rings (SSSR count). The van der Waals surface area contributed by atoms with E-state index in [1.807, 2.05) is 21.9 Å². The number of benzene rings is 2. The molecule has 0 saturated carbocycles. The molecule has 0 atom stereocenters. The molecule has 2 saturated heterocycles. The number of carbonyl (C=O) groups is 2. The van der Waals surface area contributed by atoms with Gasteiger partial charge in [-0.3, -0.25) is 14.5 Å². The molecule has 2 fully saturated rings. The smallest absolute Gasteiger partial charge is 0.257 e. The van der Waals surface area contributed by atoms with Crippen molar-refractivity contribution in [2.75, 3.05) is 45.8 Å². The van der Waals surface area contributed by atoms with E-state index in [0.29, 0.717) is 44.0 Å². The highest BCUT2D eigenvalue weighted by molar-refractivity contribution is 5.97. The Kier molecular flexibility index (Phi) is 7.37. The van der Waals surface area contributed by atoms with Gasteiger partial charge in [0.25, 0.3) is 5.91 Å². The van der Waals surface area contributed by atoms with E-state index in [1.54, 1.807) is 24.3 Å². The van der Waals surface area contributed by atoms with E-state index >= 15 is 0 Å². The summed E-state index contributed by atoms with van der Waals surface area (Å²) < 4.78 is 19.0. The second-order valence-electron chi connectivity index (χ2n) is 8.42. The number of nitrogens with zero attached hydrogens (tertiary/aromatic N) is 3. The van der Waals surface area contributed by atoms with Gasteiger partial charge in [0.2, 0.25) is 5.91 Å². The lowest BCUT2D eigenvalue weighted by Crippen LogP contribution is -2.52. The number of carbonyl (C=O) groups excluding carboxylic acids is 2. The van der Waals surface area contributed by atoms with Gasteiger partial charge in [-0.2, -0.15) is 0 Å². The van der Waals surface area contributed by atoms with Crippen LogP contribution in [0.4, 0.5) is 4.39 Å². The molecule has 0 aromatic heterocycles. The van der Waals surface area contributed by atoms with Crippen LogP contribution < -0.4 is 4.74 Å². The summed E-state index contributed by atoms with van der Waals surface area (Å²) in [6, 6.07) is 13.3. The minimum Gasteiger partial charge on any atom is -0.488 e. The second-order valence-corrected chi connectivity index (χ2v) is 8.42. The molecular weight excluding hydrogens is 409 g/mol. The van der Waals surface area contributed by atoms with E-state index < -0.39 is 0 Å². The van der Waals surface area contributed by atoms with Crippen LogP contribution >= 0.6 is 0 Å². The van der Waals surface area contributed by atoms with Crippen LogP contribution in [-0.4, -0.2) is 72.3 Å². The number of likely N-dealkylation sites (tertiary alicyclic amines) is 1. The van der Waals surface area contributed by atoms with Crippen LogP contribution in [0.1, 0.15) is 35.2 Å². The topological polar surface area (TPSA) is 53.1 Å². The number of piperazine rings is 1. The highest BCUT2D eigenvalue weighted by Gasteiger charge is 2.26. The molecule has 6 nitrogen and oxygen atoms in total. The SMILES string of the molecule is O=C(CN1CCN(C(=O)c2ccccc2OCc2ccc(F)cc2)CC1)N1CCCCC1. The van der Waals surface area contributed by atoms with Crippen molar-refractivity contribution in [1.29, 1.82) is 0 Å². The molecule has 2 aromatic carbocycles. The molecule has 2 aliphatic rings. The summed E-state index contributed by atoms with van der Waals surface area (Å²) in [4.78, 5) is 31.6. The average molecular weight is 440 g/mol. The normalized spacial score (nSPS) is 17.3. The fraction of sp³-hybridized carbons (Fsp3) is 0.440. The predicted molar refractivity (Wildman–Crippen MR) is 120 cm³/mol. The summed E-state index contributed by atoms with van der Waals surface area (Å²) in [6.45, 7) is 4.96. The fourth-order valence-electron chi connectivity index (χ4n) is 4.22. The zero-order chi connectivity index (χ0) is 22.3. The molecule has 2 aliphatic heterocycles. The monoisotopic (exact) mass is 439 g/mol. The van der Waals surface area contributed by atoms with Crippen LogP contribution in [-0.2, 0) is 11.4 Å². The number of amides is 2. The summed E-state index contributed by atoms with van der Waals surface area (Å²) in [5.74, 6) is 0.358. The van der Waals surface area contributed by atoms with Crippen LogP contribution in [0.25, 0.3) is 0 Å². The van der Waals surface area contributed by atoms with E-state index in [-0.39, 0.29) is 24.2 Å². The first kappa shape index (κ1) is 22.3. The molecule has 0 radical (unpaired) electrons. The first-order valence-corrected chi connectivity index (χ1v) is 11.4. The molecule has 2 heterocycles. The Balaban J connectivity index is 1.31. The number of para-hydroxylation sites is 1. The largest absolute Gasteiger partial charge is 0.488 e. The third kappa shape index (κ3) is 5.65. The summed E-state index contributed by atoms with van der Waals surface area (Å²) in [7, 11) is 0. The van der Waals surface area contributed by atoms with Crippen molar-refractivity contribution in [3.63, 3.8) is 0 Å². The highest BCUT2D eigenvalue weighted by Crippen LogP contribution is 2.22. The minimum absolute atomic E-state index is 0.0679. The van der Waals surface area contributed by atoms with Crippen molar-refractivity contribution in [3.05, 3.63) is 65.5 Å². The third-order valence-electron chi connectivity index (χ3n) is 6.15. The van der Waals surface area contributed by atoms with Crippen molar-refractivity contribution in [2.45, 2.75) is 25.9 Å². The van der Waals surface area contributed by atoms with Crippen LogP contribution in [0.2, 0.25) is 0 Å². The molecule has 0 bridgehead atoms. The highest BCUT2D eigenvalue weighted by atomic mass is 19.1. The van der Waals surface area contributed by atoms with Gasteiger partial charge in [0.15, 0.2) is 0 Å². The van der Waals surface area contributed by atoms with E-state index in [4.69, 9.17) is 4.74 Å². The van der Waals surface area contributed by atoms with E-state index in [2.05, 4.69) is 4.90 Å². The lowest BCUT2D eigenvalue weighted by atomic mass is 10.1. The summed E-state index contributed by atoms with van der Waals surface area (Å²) >= 11 is 0. The fourth-order valence-corrected chi connectivity index (χ4v) is 4.22. The van der Waals surface area contributed by atoms with E-state index in [0.717, 1.165) is 31.5 Å². The first-order valence-electron chi connectivity index (χ1n) is 11.4. The second kappa shape index (κ2) is 10.6. The van der Waals surface area contributed by atoms with Crippen molar-refractivity contribution in [1.82, 2.24) is 14.7 Å². The Labute approximate surface area is 188 Å². The lowest BCUT2D eigenvalue weighted by molar-refractivity contribution is -0.133. The summed E-state index contributed by atoms with van der Waals surface area (Å²) in [5.41, 5.74) is 1.35. The summed E-state index contributed by atoms with van der Waals surface area (Å²) in [5, 5.41) is 0. The molecule has 0 N–H and O–H groups in total. The van der Waals surface area contributed by atoms with Gasteiger partial charge in [-0.05, 0) is 49.1 Å². The number of hydrogen-bond acceptors (Lipinski definition) is 4. The van der Waals surface area contributed by atoms with Gasteiger partial charge < -0.3 is 14.5 Å². The maximum atomic E-state index is 13.2. The Morgan fingerprint density at radius 2 is 1.50 bits per heavy atom. The van der Waals surface area contributed by atoms with E-state index in [1.165, 1.54) is 18.6 Å². The third-order valence-corrected chi connectivity index (χ3v) is 6.15. The number of piperidine rings is 1. The summed E-state index contributed by atoms with van der Waals surface area (Å²) in [6.07, 6.45) is 3.40. The quantitative estimate of drug-likeness (QED) is 0.694. The van der Waals surface area contributed by atoms with Crippen LogP contribution in [0.5, 0.6) is 5.75 Å². The van der Waals surface area contributed by atoms with Gasteiger partial charge >= 0.3 is 0 Å². The van der Waals surface area contributed by atoms with Gasteiger partial charge in [0, 0.05) is 39.3 Å². The van der Waals surface area contributed by atoms with Crippen molar-refractivity contribution in [2.24, 2.45) is 0 Å². The van der Waals surface area contributed by atoms with E-state index in [9.17, 15) is 14.0 Å². The molecule has 0 unspecified atom stereocenters. The molecule has 170 valence electrons. The van der Waals surface area contributed by atoms with Crippen molar-refractivity contribution < 1.29 is 18.7 Å². The lowest BCUT2D eigenvalue weighted by Gasteiger charge is -2.36. The standard InChI is InChI=1S/C25H30FN3O3/c26-21-10-8-20(9-11-21)19-32-23-7-3-2-6-22(23)25(31)29-16-14-27(15-17-29)18-24(30)28-12-4-1-5-13-28/h2-3,6-11H,1,4-5,12-19H2. The molecule has 0 spiro atoms. The first-order chi connectivity index (χ1) is 15.6. The number of rotatable bonds is 6. The van der Waals surface area contributed by atoms with Gasteiger partial charge in [-0.25, -0.2) is 4.39 Å². The van der Waals surface area contributed by atoms with Gasteiger partial charge in [-0.1, -0.05) is 24.3 Å². The maximum absolute atomic E-state index is 13.2. The Bertz CT molecular complexity index is 920. The molecule has 7 heteroatoms. The molecule has 2 amide bonds. The molecule has 32 heavy (non-hydrogen) atoms. The van der Waals surface area contributed by atoms with Gasteiger partial charge in [-0.15, -0.1) is 0 Å². The van der Waals surface area contributed by atoms with Gasteiger partial charge in [0.1, 0.15) is 18.2 Å².